The highest BCUT2D eigenvalue weighted by Gasteiger charge is 2.09. The smallest absolute Gasteiger partial charge is 0.138 e. The van der Waals surface area contributed by atoms with Gasteiger partial charge in [-0.05, 0) is 44.5 Å². The highest BCUT2D eigenvalue weighted by molar-refractivity contribution is 5.54. The van der Waals surface area contributed by atoms with Gasteiger partial charge in [0, 0.05) is 17.8 Å². The third kappa shape index (κ3) is 2.47. The lowest BCUT2D eigenvalue weighted by molar-refractivity contribution is 0.392. The zero-order chi connectivity index (χ0) is 13.1. The molecule has 0 spiro atoms. The summed E-state index contributed by atoms with van der Waals surface area (Å²) in [6, 6.07) is 5.98. The van der Waals surface area contributed by atoms with E-state index >= 15 is 0 Å². The van der Waals surface area contributed by atoms with E-state index in [-0.39, 0.29) is 0 Å². The second kappa shape index (κ2) is 5.12. The minimum Gasteiger partial charge on any atom is -0.497 e. The second-order valence-electron chi connectivity index (χ2n) is 4.34. The Balaban J connectivity index is 2.11. The largest absolute Gasteiger partial charge is 0.497 e. The number of hydrogen-bond donors (Lipinski definition) is 1. The molecule has 1 N–H and O–H groups in total. The number of benzene rings is 1. The Labute approximate surface area is 107 Å². The number of nitrogens with one attached hydrogen (secondary N) is 1. The van der Waals surface area contributed by atoms with Crippen LogP contribution in [-0.4, -0.2) is 12.3 Å². The first-order valence-electron chi connectivity index (χ1n) is 5.92. The van der Waals surface area contributed by atoms with E-state index in [1.807, 2.05) is 32.0 Å². The van der Waals surface area contributed by atoms with Crippen molar-refractivity contribution in [1.82, 2.24) is 5.16 Å². The van der Waals surface area contributed by atoms with Gasteiger partial charge in [-0.3, -0.25) is 0 Å². The Morgan fingerprint density at radius 2 is 2.06 bits per heavy atom. The van der Waals surface area contributed by atoms with Gasteiger partial charge in [-0.2, -0.15) is 0 Å². The normalized spacial score (nSPS) is 10.4. The average molecular weight is 246 g/mol. The average Bonchev–Trinajstić information content (AvgIpc) is 2.68. The molecular weight excluding hydrogens is 228 g/mol. The van der Waals surface area contributed by atoms with Gasteiger partial charge in [0.15, 0.2) is 0 Å². The van der Waals surface area contributed by atoms with Crippen molar-refractivity contribution in [3.05, 3.63) is 40.8 Å². The summed E-state index contributed by atoms with van der Waals surface area (Å²) in [5.41, 5.74) is 4.30. The molecule has 96 valence electrons. The van der Waals surface area contributed by atoms with E-state index in [2.05, 4.69) is 17.4 Å². The molecule has 2 rings (SSSR count). The van der Waals surface area contributed by atoms with Crippen LogP contribution in [0.1, 0.15) is 22.6 Å². The highest BCUT2D eigenvalue weighted by Crippen LogP contribution is 2.22. The minimum absolute atomic E-state index is 0.717. The zero-order valence-corrected chi connectivity index (χ0v) is 11.2. The molecule has 4 heteroatoms. The van der Waals surface area contributed by atoms with Crippen LogP contribution in [0, 0.1) is 20.8 Å². The van der Waals surface area contributed by atoms with E-state index in [0.29, 0.717) is 6.54 Å². The molecule has 4 nitrogen and oxygen atoms in total. The predicted octanol–water partition coefficient (Wildman–Crippen LogP) is 3.22. The first-order chi connectivity index (χ1) is 8.61. The lowest BCUT2D eigenvalue weighted by Crippen LogP contribution is -2.02. The fourth-order valence-corrected chi connectivity index (χ4v) is 1.90. The third-order valence-electron chi connectivity index (χ3n) is 3.07. The van der Waals surface area contributed by atoms with Crippen molar-refractivity contribution in [3.63, 3.8) is 0 Å². The van der Waals surface area contributed by atoms with Gasteiger partial charge in [0.25, 0.3) is 0 Å². The second-order valence-corrected chi connectivity index (χ2v) is 4.34. The number of nitrogens with zero attached hydrogens (tertiary/aromatic N) is 1. The van der Waals surface area contributed by atoms with Crippen molar-refractivity contribution in [2.45, 2.75) is 27.3 Å². The fraction of sp³-hybridized carbons (Fsp3) is 0.357. The summed E-state index contributed by atoms with van der Waals surface area (Å²) >= 11 is 0. The summed E-state index contributed by atoms with van der Waals surface area (Å²) in [7, 11) is 1.67. The maximum atomic E-state index is 5.19. The van der Waals surface area contributed by atoms with Crippen molar-refractivity contribution in [2.24, 2.45) is 0 Å². The Morgan fingerprint density at radius 1 is 1.28 bits per heavy atom. The van der Waals surface area contributed by atoms with E-state index in [1.54, 1.807) is 7.11 Å². The van der Waals surface area contributed by atoms with Gasteiger partial charge in [-0.25, -0.2) is 0 Å². The van der Waals surface area contributed by atoms with Crippen LogP contribution < -0.4 is 10.1 Å². The predicted molar refractivity (Wildman–Crippen MR) is 71.0 cm³/mol. The van der Waals surface area contributed by atoms with Gasteiger partial charge in [0.1, 0.15) is 11.5 Å². The summed E-state index contributed by atoms with van der Waals surface area (Å²) in [5.74, 6) is 1.74. The van der Waals surface area contributed by atoms with Crippen molar-refractivity contribution >= 4 is 5.69 Å². The summed E-state index contributed by atoms with van der Waals surface area (Å²) in [4.78, 5) is 0. The van der Waals surface area contributed by atoms with Crippen LogP contribution in [0.25, 0.3) is 0 Å². The maximum Gasteiger partial charge on any atom is 0.138 e. The lowest BCUT2D eigenvalue weighted by Gasteiger charge is -2.10. The van der Waals surface area contributed by atoms with Crippen LogP contribution >= 0.6 is 0 Å². The van der Waals surface area contributed by atoms with Crippen molar-refractivity contribution < 1.29 is 9.26 Å². The maximum absolute atomic E-state index is 5.19. The number of anilines is 1. The third-order valence-corrected chi connectivity index (χ3v) is 3.07. The molecule has 0 saturated heterocycles. The molecule has 1 aromatic heterocycles. The molecule has 0 bridgehead atoms. The molecule has 0 aliphatic carbocycles. The molecular formula is C14H18N2O2. The van der Waals surface area contributed by atoms with E-state index in [1.165, 1.54) is 0 Å². The molecule has 0 unspecified atom stereocenters. The van der Waals surface area contributed by atoms with Crippen molar-refractivity contribution in [1.29, 1.82) is 0 Å². The molecule has 0 fully saturated rings. The van der Waals surface area contributed by atoms with Crippen LogP contribution in [0.5, 0.6) is 5.75 Å². The van der Waals surface area contributed by atoms with E-state index in [4.69, 9.17) is 9.26 Å². The molecule has 2 aromatic rings. The van der Waals surface area contributed by atoms with Crippen LogP contribution in [0.2, 0.25) is 0 Å². The van der Waals surface area contributed by atoms with E-state index in [0.717, 1.165) is 34.0 Å². The Morgan fingerprint density at radius 3 is 2.61 bits per heavy atom. The van der Waals surface area contributed by atoms with Gasteiger partial charge in [-0.1, -0.05) is 5.16 Å². The molecule has 1 heterocycles. The van der Waals surface area contributed by atoms with Crippen LogP contribution in [-0.2, 0) is 6.54 Å². The summed E-state index contributed by atoms with van der Waals surface area (Å²) in [6.07, 6.45) is 0. The number of aromatic nitrogens is 1. The quantitative estimate of drug-likeness (QED) is 0.899. The molecule has 0 aliphatic heterocycles. The van der Waals surface area contributed by atoms with Crippen molar-refractivity contribution in [2.75, 3.05) is 12.4 Å². The molecule has 0 aliphatic rings. The Hall–Kier alpha value is -1.97. The lowest BCUT2D eigenvalue weighted by atomic mass is 10.1. The minimum atomic E-state index is 0.717. The zero-order valence-electron chi connectivity index (χ0n) is 11.2. The molecule has 0 saturated carbocycles. The monoisotopic (exact) mass is 246 g/mol. The standard InChI is InChI=1S/C14H18N2O2/c1-9-7-12(17-4)5-6-14(9)15-8-13-10(2)16-18-11(13)3/h5-7,15H,8H2,1-4H3. The van der Waals surface area contributed by atoms with E-state index < -0.39 is 0 Å². The van der Waals surface area contributed by atoms with Gasteiger partial charge < -0.3 is 14.6 Å². The number of hydrogen-bond acceptors (Lipinski definition) is 4. The SMILES string of the molecule is COc1ccc(NCc2c(C)noc2C)c(C)c1. The molecule has 0 atom stereocenters. The Kier molecular flexibility index (Phi) is 3.55. The summed E-state index contributed by atoms with van der Waals surface area (Å²) < 4.78 is 10.3. The first kappa shape index (κ1) is 12.5. The molecule has 1 aromatic carbocycles. The molecule has 18 heavy (non-hydrogen) atoms. The van der Waals surface area contributed by atoms with E-state index in [9.17, 15) is 0 Å². The summed E-state index contributed by atoms with van der Waals surface area (Å²) in [5, 5.41) is 7.34. The van der Waals surface area contributed by atoms with Crippen LogP contribution in [0.4, 0.5) is 5.69 Å². The van der Waals surface area contributed by atoms with Crippen molar-refractivity contribution in [3.8, 4) is 5.75 Å². The molecule has 0 radical (unpaired) electrons. The fourth-order valence-electron chi connectivity index (χ4n) is 1.90. The number of aryl methyl sites for hydroxylation is 3. The number of rotatable bonds is 4. The van der Waals surface area contributed by atoms with Gasteiger partial charge in [-0.15, -0.1) is 0 Å². The van der Waals surface area contributed by atoms with Gasteiger partial charge >= 0.3 is 0 Å². The number of ether oxygens (including phenoxy) is 1. The highest BCUT2D eigenvalue weighted by atomic mass is 16.5. The first-order valence-corrected chi connectivity index (χ1v) is 5.92. The topological polar surface area (TPSA) is 47.3 Å². The van der Waals surface area contributed by atoms with Gasteiger partial charge in [0.05, 0.1) is 12.8 Å². The van der Waals surface area contributed by atoms with Gasteiger partial charge in [0.2, 0.25) is 0 Å². The Bertz CT molecular complexity index is 527. The van der Waals surface area contributed by atoms with Crippen LogP contribution in [0.3, 0.4) is 0 Å². The number of methoxy groups -OCH3 is 1. The molecule has 0 amide bonds. The summed E-state index contributed by atoms with van der Waals surface area (Å²) in [6.45, 7) is 6.65. The van der Waals surface area contributed by atoms with Crippen LogP contribution in [0.15, 0.2) is 22.7 Å².